The average molecular weight is 513 g/mol. The minimum atomic E-state index is -0.432. The van der Waals surface area contributed by atoms with Gasteiger partial charge in [-0.2, -0.15) is 0 Å². The fourth-order valence-electron chi connectivity index (χ4n) is 6.07. The van der Waals surface area contributed by atoms with Gasteiger partial charge in [-0.1, -0.05) is 52.0 Å². The molecular weight excluding hydrogens is 476 g/mol. The van der Waals surface area contributed by atoms with E-state index in [0.717, 1.165) is 41.1 Å². The van der Waals surface area contributed by atoms with Crippen molar-refractivity contribution >= 4 is 23.2 Å². The summed E-state index contributed by atoms with van der Waals surface area (Å²) < 4.78 is 5.86. The van der Waals surface area contributed by atoms with Crippen LogP contribution in [-0.4, -0.2) is 24.1 Å². The quantitative estimate of drug-likeness (QED) is 0.514. The van der Waals surface area contributed by atoms with Crippen LogP contribution >= 0.6 is 0 Å². The molecule has 0 spiro atoms. The molecule has 0 saturated carbocycles. The number of aryl methyl sites for hydroxylation is 1. The number of ketones is 2. The highest BCUT2D eigenvalue weighted by atomic mass is 16.5. The number of allylic oxidation sites excluding steroid dienone is 4. The van der Waals surface area contributed by atoms with Gasteiger partial charge in [0.1, 0.15) is 5.75 Å². The van der Waals surface area contributed by atoms with E-state index >= 15 is 0 Å². The number of hydrogen-bond donors (Lipinski definition) is 2. The third-order valence-electron chi connectivity index (χ3n) is 7.58. The van der Waals surface area contributed by atoms with Gasteiger partial charge in [-0.25, -0.2) is 0 Å². The van der Waals surface area contributed by atoms with Crippen LogP contribution in [0.25, 0.3) is 0 Å². The van der Waals surface area contributed by atoms with Crippen molar-refractivity contribution in [2.24, 2.45) is 10.8 Å². The van der Waals surface area contributed by atoms with Crippen LogP contribution in [0.15, 0.2) is 71.1 Å². The summed E-state index contributed by atoms with van der Waals surface area (Å²) in [6.07, 6.45) is 2.40. The molecule has 38 heavy (non-hydrogen) atoms. The Morgan fingerprint density at radius 2 is 1.50 bits per heavy atom. The molecule has 6 heteroatoms. The number of Topliss-reactive ketones (excluding diaryl/α,β-unsaturated/α-hetero) is 2. The van der Waals surface area contributed by atoms with E-state index < -0.39 is 5.92 Å². The predicted octanol–water partition coefficient (Wildman–Crippen LogP) is 5.99. The second-order valence-electron chi connectivity index (χ2n) is 12.5. The second kappa shape index (κ2) is 9.57. The Labute approximate surface area is 224 Å². The number of anilines is 1. The second-order valence-corrected chi connectivity index (χ2v) is 12.5. The number of carbonyl (C=O) groups is 3. The van der Waals surface area contributed by atoms with Crippen LogP contribution in [0.5, 0.6) is 5.75 Å². The van der Waals surface area contributed by atoms with Crippen molar-refractivity contribution in [3.05, 3.63) is 82.2 Å². The lowest BCUT2D eigenvalue weighted by atomic mass is 9.64. The average Bonchev–Trinajstić information content (AvgIpc) is 2.80. The summed E-state index contributed by atoms with van der Waals surface area (Å²) in [7, 11) is 0. The molecule has 1 amide bonds. The minimum absolute atomic E-state index is 0.0850. The van der Waals surface area contributed by atoms with Crippen molar-refractivity contribution in [2.75, 3.05) is 11.9 Å². The lowest BCUT2D eigenvalue weighted by Gasteiger charge is -2.44. The van der Waals surface area contributed by atoms with E-state index in [9.17, 15) is 14.4 Å². The molecule has 0 atom stereocenters. The van der Waals surface area contributed by atoms with Gasteiger partial charge in [0.15, 0.2) is 18.2 Å². The van der Waals surface area contributed by atoms with Gasteiger partial charge in [0.2, 0.25) is 0 Å². The number of nitrogens with one attached hydrogen (secondary N) is 2. The highest BCUT2D eigenvalue weighted by molar-refractivity contribution is 6.06. The maximum Gasteiger partial charge on any atom is 0.262 e. The first-order valence-corrected chi connectivity index (χ1v) is 13.3. The van der Waals surface area contributed by atoms with Gasteiger partial charge in [-0.15, -0.1) is 0 Å². The number of dihydropyridines is 1. The van der Waals surface area contributed by atoms with Crippen molar-refractivity contribution in [3.63, 3.8) is 0 Å². The molecule has 1 aliphatic heterocycles. The lowest BCUT2D eigenvalue weighted by molar-refractivity contribution is -0.119. The van der Waals surface area contributed by atoms with Gasteiger partial charge >= 0.3 is 0 Å². The monoisotopic (exact) mass is 512 g/mol. The molecule has 2 aromatic carbocycles. The Bertz CT molecular complexity index is 1340. The van der Waals surface area contributed by atoms with Crippen LogP contribution in [-0.2, 0) is 14.4 Å². The molecule has 198 valence electrons. The maximum atomic E-state index is 13.5. The smallest absolute Gasteiger partial charge is 0.262 e. The molecule has 0 fully saturated rings. The van der Waals surface area contributed by atoms with E-state index in [0.29, 0.717) is 29.7 Å². The molecule has 0 unspecified atom stereocenters. The molecular formula is C32H36N2O4. The van der Waals surface area contributed by atoms with E-state index in [-0.39, 0.29) is 34.9 Å². The van der Waals surface area contributed by atoms with Crippen molar-refractivity contribution in [1.29, 1.82) is 0 Å². The summed E-state index contributed by atoms with van der Waals surface area (Å²) >= 11 is 0. The van der Waals surface area contributed by atoms with E-state index in [4.69, 9.17) is 4.74 Å². The Morgan fingerprint density at radius 3 is 2.11 bits per heavy atom. The standard InChI is InChI=1S/C32H36N2O4/c1-19-8-6-10-21(12-19)33-27(37)18-38-22-11-7-9-20(13-22)28-29-23(14-31(2,3)16-25(29)35)34-24-15-32(4,5)17-26(36)30(24)28/h6-13,28,34H,14-18H2,1-5H3,(H,33,37). The van der Waals surface area contributed by atoms with E-state index in [1.807, 2.05) is 49.4 Å². The van der Waals surface area contributed by atoms with Gasteiger partial charge in [-0.3, -0.25) is 14.4 Å². The van der Waals surface area contributed by atoms with Crippen LogP contribution in [0.3, 0.4) is 0 Å². The molecule has 0 bridgehead atoms. The fourth-order valence-corrected chi connectivity index (χ4v) is 6.07. The predicted molar refractivity (Wildman–Crippen MR) is 148 cm³/mol. The van der Waals surface area contributed by atoms with Crippen LogP contribution in [0.4, 0.5) is 5.69 Å². The van der Waals surface area contributed by atoms with Gasteiger partial charge < -0.3 is 15.4 Å². The van der Waals surface area contributed by atoms with Crippen molar-refractivity contribution in [1.82, 2.24) is 5.32 Å². The summed E-state index contributed by atoms with van der Waals surface area (Å²) in [5.74, 6) is 0.00540. The SMILES string of the molecule is Cc1cccc(NC(=O)COc2cccc(C3C4=C(CC(C)(C)CC4=O)NC4=C3C(=O)CC(C)(C)C4)c2)c1. The molecule has 1 heterocycles. The number of amides is 1. The Hall–Kier alpha value is -3.67. The summed E-state index contributed by atoms with van der Waals surface area (Å²) in [5, 5.41) is 6.40. The number of hydrogen-bond acceptors (Lipinski definition) is 5. The summed E-state index contributed by atoms with van der Waals surface area (Å²) in [4.78, 5) is 39.6. The highest BCUT2D eigenvalue weighted by Gasteiger charge is 2.46. The largest absolute Gasteiger partial charge is 0.484 e. The highest BCUT2D eigenvalue weighted by Crippen LogP contribution is 2.51. The van der Waals surface area contributed by atoms with Crippen LogP contribution in [0.2, 0.25) is 0 Å². The normalized spacial score (nSPS) is 20.4. The zero-order chi connectivity index (χ0) is 27.2. The first-order valence-electron chi connectivity index (χ1n) is 13.3. The lowest BCUT2D eigenvalue weighted by Crippen LogP contribution is -2.42. The molecule has 3 aliphatic rings. The molecule has 0 saturated heterocycles. The third kappa shape index (κ3) is 5.31. The van der Waals surface area contributed by atoms with Gasteiger partial charge in [-0.05, 0) is 66.0 Å². The fraction of sp³-hybridized carbons (Fsp3) is 0.406. The van der Waals surface area contributed by atoms with Crippen LogP contribution < -0.4 is 15.4 Å². The first kappa shape index (κ1) is 26.0. The number of benzene rings is 2. The van der Waals surface area contributed by atoms with Crippen molar-refractivity contribution in [3.8, 4) is 5.75 Å². The topological polar surface area (TPSA) is 84.5 Å². The van der Waals surface area contributed by atoms with Gasteiger partial charge in [0, 0.05) is 47.0 Å². The van der Waals surface area contributed by atoms with Crippen LogP contribution in [0.1, 0.15) is 70.4 Å². The molecule has 2 N–H and O–H groups in total. The summed E-state index contributed by atoms with van der Waals surface area (Å²) in [6.45, 7) is 10.3. The summed E-state index contributed by atoms with van der Waals surface area (Å²) in [6, 6.07) is 15.1. The Kier molecular flexibility index (Phi) is 6.54. The van der Waals surface area contributed by atoms with E-state index in [1.165, 1.54) is 0 Å². The van der Waals surface area contributed by atoms with E-state index in [1.54, 1.807) is 6.07 Å². The van der Waals surface area contributed by atoms with Gasteiger partial charge in [0.05, 0.1) is 0 Å². The maximum absolute atomic E-state index is 13.5. The third-order valence-corrected chi connectivity index (χ3v) is 7.58. The first-order chi connectivity index (χ1) is 17.9. The minimum Gasteiger partial charge on any atom is -0.484 e. The molecule has 0 radical (unpaired) electrons. The number of carbonyl (C=O) groups excluding carboxylic acids is 3. The molecule has 0 aromatic heterocycles. The molecule has 2 aromatic rings. The van der Waals surface area contributed by atoms with Crippen molar-refractivity contribution in [2.45, 2.75) is 66.2 Å². The zero-order valence-corrected chi connectivity index (χ0v) is 22.9. The number of rotatable bonds is 5. The zero-order valence-electron chi connectivity index (χ0n) is 22.9. The molecule has 5 rings (SSSR count). The van der Waals surface area contributed by atoms with Gasteiger partial charge in [0.25, 0.3) is 5.91 Å². The van der Waals surface area contributed by atoms with Crippen LogP contribution in [0, 0.1) is 17.8 Å². The summed E-state index contributed by atoms with van der Waals surface area (Å²) in [5.41, 5.74) is 5.60. The Balaban J connectivity index is 1.45. The number of ether oxygens (including phenoxy) is 1. The molecule has 6 nitrogen and oxygen atoms in total. The Morgan fingerprint density at radius 1 is 0.895 bits per heavy atom. The molecule has 2 aliphatic carbocycles. The van der Waals surface area contributed by atoms with Crippen molar-refractivity contribution < 1.29 is 19.1 Å². The van der Waals surface area contributed by atoms with E-state index in [2.05, 4.69) is 38.3 Å².